The van der Waals surface area contributed by atoms with Gasteiger partial charge >= 0.3 is 0 Å². The Hall–Kier alpha value is -4.38. The highest BCUT2D eigenvalue weighted by Crippen LogP contribution is 2.45. The molecule has 5 aromatic rings. The smallest absolute Gasteiger partial charge is 0.255 e. The van der Waals surface area contributed by atoms with Crippen LogP contribution in [-0.2, 0) is 4.79 Å². The topological polar surface area (TPSA) is 79.2 Å². The molecule has 0 fully saturated rings. The first kappa shape index (κ1) is 19.3. The Morgan fingerprint density at radius 3 is 2.45 bits per heavy atom. The van der Waals surface area contributed by atoms with E-state index in [1.165, 1.54) is 0 Å². The van der Waals surface area contributed by atoms with Gasteiger partial charge < -0.3 is 15.6 Å². The first-order chi connectivity index (χ1) is 16.1. The summed E-state index contributed by atoms with van der Waals surface area (Å²) in [5.74, 6) is -0.711. The minimum Gasteiger partial charge on any atom is -0.368 e. The first-order valence-electron chi connectivity index (χ1n) is 10.9. The van der Waals surface area contributed by atoms with Crippen molar-refractivity contribution in [1.29, 1.82) is 0 Å². The van der Waals surface area contributed by atoms with E-state index in [-0.39, 0.29) is 12.5 Å². The standard InChI is InChI=1S/C28H21N3O2/c29-24(32)16-31-27(20-9-3-4-10-21(20)28(31)33)25-22-11-5-6-12-23(22)30-26(25)19-14-13-17-7-1-2-8-18(17)15-19/h1-15,27,30H,16H2,(H2,29,32)/t27-/m0/s1. The van der Waals surface area contributed by atoms with Crippen molar-refractivity contribution in [1.82, 2.24) is 9.88 Å². The number of H-pyrrole nitrogens is 1. The lowest BCUT2D eigenvalue weighted by Gasteiger charge is -2.25. The van der Waals surface area contributed by atoms with E-state index in [9.17, 15) is 9.59 Å². The van der Waals surface area contributed by atoms with Crippen LogP contribution in [0, 0.1) is 0 Å². The largest absolute Gasteiger partial charge is 0.368 e. The second-order valence-electron chi connectivity index (χ2n) is 8.41. The summed E-state index contributed by atoms with van der Waals surface area (Å²) in [5, 5.41) is 3.32. The fourth-order valence-corrected chi connectivity index (χ4v) is 5.03. The van der Waals surface area contributed by atoms with Crippen LogP contribution in [0.15, 0.2) is 91.0 Å². The molecule has 0 unspecified atom stereocenters. The molecule has 1 aromatic heterocycles. The third-order valence-electron chi connectivity index (χ3n) is 6.44. The summed E-state index contributed by atoms with van der Waals surface area (Å²) in [7, 11) is 0. The maximum absolute atomic E-state index is 13.3. The van der Waals surface area contributed by atoms with Crippen LogP contribution >= 0.6 is 0 Å². The van der Waals surface area contributed by atoms with Gasteiger partial charge in [-0.3, -0.25) is 9.59 Å². The molecule has 33 heavy (non-hydrogen) atoms. The molecule has 2 heterocycles. The lowest BCUT2D eigenvalue weighted by atomic mass is 9.92. The van der Waals surface area contributed by atoms with Crippen LogP contribution in [0.4, 0.5) is 0 Å². The number of amides is 2. The number of nitrogens with zero attached hydrogens (tertiary/aromatic N) is 1. The Morgan fingerprint density at radius 2 is 1.61 bits per heavy atom. The van der Waals surface area contributed by atoms with Crippen LogP contribution in [0.5, 0.6) is 0 Å². The molecule has 0 spiro atoms. The van der Waals surface area contributed by atoms with E-state index >= 15 is 0 Å². The number of aromatic amines is 1. The maximum Gasteiger partial charge on any atom is 0.255 e. The SMILES string of the molecule is NC(=O)CN1C(=O)c2ccccc2[C@H]1c1c(-c2ccc3ccccc3c2)[nH]c2ccccc12. The Morgan fingerprint density at radius 1 is 0.879 bits per heavy atom. The van der Waals surface area contributed by atoms with Crippen molar-refractivity contribution >= 4 is 33.5 Å². The van der Waals surface area contributed by atoms with Crippen LogP contribution in [0.1, 0.15) is 27.5 Å². The second-order valence-corrected chi connectivity index (χ2v) is 8.41. The third-order valence-corrected chi connectivity index (χ3v) is 6.44. The Kier molecular flexibility index (Phi) is 4.30. The fraction of sp³-hybridized carbons (Fsp3) is 0.0714. The quantitative estimate of drug-likeness (QED) is 0.419. The zero-order valence-corrected chi connectivity index (χ0v) is 17.8. The summed E-state index contributed by atoms with van der Waals surface area (Å²) >= 11 is 0. The predicted octanol–water partition coefficient (Wildman–Crippen LogP) is 5.02. The highest BCUT2D eigenvalue weighted by atomic mass is 16.2. The molecule has 1 atom stereocenters. The van der Waals surface area contributed by atoms with Crippen molar-refractivity contribution < 1.29 is 9.59 Å². The normalized spacial score (nSPS) is 15.3. The van der Waals surface area contributed by atoms with Gasteiger partial charge in [-0.1, -0.05) is 72.8 Å². The van der Waals surface area contributed by atoms with Gasteiger partial charge in [0, 0.05) is 22.0 Å². The van der Waals surface area contributed by atoms with E-state index in [1.807, 2.05) is 54.6 Å². The summed E-state index contributed by atoms with van der Waals surface area (Å²) in [6, 6.07) is 29.8. The van der Waals surface area contributed by atoms with Gasteiger partial charge in [0.2, 0.25) is 5.91 Å². The molecule has 1 aliphatic rings. The van der Waals surface area contributed by atoms with E-state index in [0.29, 0.717) is 5.56 Å². The average Bonchev–Trinajstić information content (AvgIpc) is 3.34. The molecule has 5 nitrogen and oxygen atoms in total. The van der Waals surface area contributed by atoms with Crippen LogP contribution in [0.3, 0.4) is 0 Å². The van der Waals surface area contributed by atoms with Crippen LogP contribution < -0.4 is 5.73 Å². The summed E-state index contributed by atoms with van der Waals surface area (Å²) < 4.78 is 0. The Balaban J connectivity index is 1.64. The number of nitrogens with two attached hydrogens (primary N) is 1. The number of carbonyl (C=O) groups is 2. The van der Waals surface area contributed by atoms with Gasteiger partial charge in [0.25, 0.3) is 5.91 Å². The molecule has 0 bridgehead atoms. The van der Waals surface area contributed by atoms with Crippen molar-refractivity contribution in [2.24, 2.45) is 5.73 Å². The summed E-state index contributed by atoms with van der Waals surface area (Å²) in [6.45, 7) is -0.144. The second kappa shape index (κ2) is 7.35. The van der Waals surface area contributed by atoms with E-state index < -0.39 is 11.9 Å². The maximum atomic E-state index is 13.3. The number of hydrogen-bond acceptors (Lipinski definition) is 2. The van der Waals surface area contributed by atoms with Gasteiger partial charge in [-0.05, 0) is 40.1 Å². The average molecular weight is 431 g/mol. The van der Waals surface area contributed by atoms with Gasteiger partial charge in [-0.2, -0.15) is 0 Å². The summed E-state index contributed by atoms with van der Waals surface area (Å²) in [6.07, 6.45) is 0. The molecule has 0 saturated heterocycles. The monoisotopic (exact) mass is 431 g/mol. The Labute approximate surface area is 190 Å². The molecule has 0 aliphatic carbocycles. The lowest BCUT2D eigenvalue weighted by Crippen LogP contribution is -2.37. The van der Waals surface area contributed by atoms with Crippen molar-refractivity contribution in [2.75, 3.05) is 6.54 Å². The zero-order chi connectivity index (χ0) is 22.5. The molecule has 3 N–H and O–H groups in total. The number of para-hydroxylation sites is 1. The number of hydrogen-bond donors (Lipinski definition) is 2. The number of aromatic nitrogens is 1. The number of nitrogens with one attached hydrogen (secondary N) is 1. The zero-order valence-electron chi connectivity index (χ0n) is 17.8. The number of rotatable bonds is 4. The van der Waals surface area contributed by atoms with Gasteiger partial charge in [-0.15, -0.1) is 0 Å². The number of fused-ring (bicyclic) bond motifs is 3. The molecular weight excluding hydrogens is 410 g/mol. The molecule has 0 radical (unpaired) electrons. The van der Waals surface area contributed by atoms with Crippen LogP contribution in [0.2, 0.25) is 0 Å². The van der Waals surface area contributed by atoms with E-state index in [0.717, 1.165) is 44.1 Å². The molecular formula is C28H21N3O2. The molecule has 6 rings (SSSR count). The molecule has 4 aromatic carbocycles. The minimum atomic E-state index is -0.534. The molecule has 1 aliphatic heterocycles. The van der Waals surface area contributed by atoms with Gasteiger partial charge in [0.05, 0.1) is 11.7 Å². The Bertz CT molecular complexity index is 1570. The fourth-order valence-electron chi connectivity index (χ4n) is 5.03. The van der Waals surface area contributed by atoms with Crippen molar-refractivity contribution in [3.8, 4) is 11.3 Å². The van der Waals surface area contributed by atoms with E-state index in [2.05, 4.69) is 41.4 Å². The van der Waals surface area contributed by atoms with Crippen molar-refractivity contribution in [3.05, 3.63) is 108 Å². The van der Waals surface area contributed by atoms with E-state index in [4.69, 9.17) is 5.73 Å². The highest BCUT2D eigenvalue weighted by molar-refractivity contribution is 6.03. The number of primary amides is 1. The van der Waals surface area contributed by atoms with Gasteiger partial charge in [-0.25, -0.2) is 0 Å². The summed E-state index contributed by atoms with van der Waals surface area (Å²) in [5.41, 5.74) is 11.0. The molecule has 0 saturated carbocycles. The first-order valence-corrected chi connectivity index (χ1v) is 10.9. The predicted molar refractivity (Wildman–Crippen MR) is 130 cm³/mol. The molecule has 2 amide bonds. The van der Waals surface area contributed by atoms with E-state index in [1.54, 1.807) is 4.90 Å². The van der Waals surface area contributed by atoms with Gasteiger partial charge in [0.15, 0.2) is 0 Å². The van der Waals surface area contributed by atoms with Crippen LogP contribution in [0.25, 0.3) is 32.9 Å². The minimum absolute atomic E-state index is 0.144. The van der Waals surface area contributed by atoms with Crippen molar-refractivity contribution in [3.63, 3.8) is 0 Å². The van der Waals surface area contributed by atoms with Crippen LogP contribution in [-0.4, -0.2) is 28.2 Å². The summed E-state index contributed by atoms with van der Waals surface area (Å²) in [4.78, 5) is 30.4. The lowest BCUT2D eigenvalue weighted by molar-refractivity contribution is -0.118. The number of carbonyl (C=O) groups excluding carboxylic acids is 2. The highest BCUT2D eigenvalue weighted by Gasteiger charge is 2.40. The van der Waals surface area contributed by atoms with Gasteiger partial charge in [0.1, 0.15) is 6.54 Å². The molecule has 5 heteroatoms. The molecule has 160 valence electrons. The third kappa shape index (κ3) is 3.01. The van der Waals surface area contributed by atoms with Crippen molar-refractivity contribution in [2.45, 2.75) is 6.04 Å². The number of benzene rings is 4.